The minimum Gasteiger partial charge on any atom is -0.385 e. The van der Waals surface area contributed by atoms with Crippen molar-refractivity contribution in [3.63, 3.8) is 0 Å². The average Bonchev–Trinajstić information content (AvgIpc) is 2.85. The molecule has 1 fully saturated rings. The standard InChI is InChI=1S/C11H20N4O/c1-7-8(15-11(12)10(7)16)3-2-4-9-13-5-6-14-9/h7-8,10,16H,2-6H2,1H3,(H2,12,15)(H,13,14)/t7-,8+,10-/m1/s1. The lowest BCUT2D eigenvalue weighted by Gasteiger charge is -2.15. The second-order valence-corrected chi connectivity index (χ2v) is 4.62. The van der Waals surface area contributed by atoms with Crippen molar-refractivity contribution in [2.45, 2.75) is 38.3 Å². The van der Waals surface area contributed by atoms with Crippen LogP contribution in [0.25, 0.3) is 0 Å². The van der Waals surface area contributed by atoms with Crippen molar-refractivity contribution >= 4 is 11.7 Å². The summed E-state index contributed by atoms with van der Waals surface area (Å²) >= 11 is 0. The number of aliphatic imine (C=N–C) groups is 1. The minimum atomic E-state index is -0.605. The van der Waals surface area contributed by atoms with Crippen molar-refractivity contribution in [2.24, 2.45) is 10.9 Å². The van der Waals surface area contributed by atoms with Crippen LogP contribution < -0.4 is 10.6 Å². The largest absolute Gasteiger partial charge is 0.385 e. The number of amidine groups is 2. The van der Waals surface area contributed by atoms with Gasteiger partial charge in [0.05, 0.1) is 12.4 Å². The van der Waals surface area contributed by atoms with E-state index in [-0.39, 0.29) is 17.8 Å². The Morgan fingerprint density at radius 2 is 2.38 bits per heavy atom. The van der Waals surface area contributed by atoms with E-state index in [4.69, 9.17) is 5.41 Å². The van der Waals surface area contributed by atoms with E-state index in [1.807, 2.05) is 6.92 Å². The van der Waals surface area contributed by atoms with Gasteiger partial charge in [-0.05, 0) is 12.8 Å². The number of nitrogens with one attached hydrogen (secondary N) is 3. The summed E-state index contributed by atoms with van der Waals surface area (Å²) in [5, 5.41) is 23.4. The maximum atomic E-state index is 9.62. The van der Waals surface area contributed by atoms with E-state index in [0.29, 0.717) is 0 Å². The van der Waals surface area contributed by atoms with Crippen LogP contribution >= 0.6 is 0 Å². The predicted molar refractivity (Wildman–Crippen MR) is 64.0 cm³/mol. The zero-order valence-corrected chi connectivity index (χ0v) is 9.66. The summed E-state index contributed by atoms with van der Waals surface area (Å²) in [7, 11) is 0. The van der Waals surface area contributed by atoms with Crippen LogP contribution in [0.2, 0.25) is 0 Å². The van der Waals surface area contributed by atoms with E-state index in [1.54, 1.807) is 0 Å². The van der Waals surface area contributed by atoms with E-state index in [9.17, 15) is 5.11 Å². The Balaban J connectivity index is 1.72. The van der Waals surface area contributed by atoms with E-state index in [1.165, 1.54) is 0 Å². The highest BCUT2D eigenvalue weighted by molar-refractivity contribution is 5.86. The third kappa shape index (κ3) is 2.35. The molecule has 0 unspecified atom stereocenters. The van der Waals surface area contributed by atoms with Gasteiger partial charge in [-0.3, -0.25) is 10.4 Å². The van der Waals surface area contributed by atoms with Gasteiger partial charge in [-0.15, -0.1) is 0 Å². The summed E-state index contributed by atoms with van der Waals surface area (Å²) in [5.74, 6) is 1.53. The van der Waals surface area contributed by atoms with Gasteiger partial charge in [0.2, 0.25) is 0 Å². The molecular weight excluding hydrogens is 204 g/mol. The lowest BCUT2D eigenvalue weighted by Crippen LogP contribution is -2.28. The fourth-order valence-corrected chi connectivity index (χ4v) is 2.34. The molecule has 16 heavy (non-hydrogen) atoms. The Bertz CT molecular complexity index is 302. The molecule has 0 saturated carbocycles. The Hall–Kier alpha value is -1.10. The first kappa shape index (κ1) is 11.4. The van der Waals surface area contributed by atoms with Crippen LogP contribution in [0.4, 0.5) is 0 Å². The van der Waals surface area contributed by atoms with Gasteiger partial charge in [-0.1, -0.05) is 6.92 Å². The quantitative estimate of drug-likeness (QED) is 0.547. The molecule has 0 radical (unpaired) electrons. The first-order chi connectivity index (χ1) is 7.68. The lowest BCUT2D eigenvalue weighted by atomic mass is 9.96. The van der Waals surface area contributed by atoms with Gasteiger partial charge in [-0.2, -0.15) is 0 Å². The van der Waals surface area contributed by atoms with Gasteiger partial charge in [-0.25, -0.2) is 0 Å². The molecule has 2 heterocycles. The number of aliphatic hydroxyl groups is 1. The maximum Gasteiger partial charge on any atom is 0.123 e. The molecule has 3 atom stereocenters. The molecule has 0 aromatic heterocycles. The molecule has 2 aliphatic rings. The topological polar surface area (TPSA) is 80.5 Å². The third-order valence-electron chi connectivity index (χ3n) is 3.44. The molecule has 1 saturated heterocycles. The first-order valence-corrected chi connectivity index (χ1v) is 5.98. The second-order valence-electron chi connectivity index (χ2n) is 4.62. The second kappa shape index (κ2) is 4.82. The zero-order chi connectivity index (χ0) is 11.5. The van der Waals surface area contributed by atoms with E-state index in [0.717, 1.165) is 38.2 Å². The molecule has 2 aliphatic heterocycles. The highest BCUT2D eigenvalue weighted by Gasteiger charge is 2.34. The Kier molecular flexibility index (Phi) is 3.43. The van der Waals surface area contributed by atoms with Gasteiger partial charge in [0.25, 0.3) is 0 Å². The van der Waals surface area contributed by atoms with Crippen molar-refractivity contribution < 1.29 is 5.11 Å². The van der Waals surface area contributed by atoms with Crippen LogP contribution in [0.5, 0.6) is 0 Å². The fourth-order valence-electron chi connectivity index (χ4n) is 2.34. The highest BCUT2D eigenvalue weighted by Crippen LogP contribution is 2.21. The van der Waals surface area contributed by atoms with Crippen molar-refractivity contribution in [2.75, 3.05) is 13.1 Å². The van der Waals surface area contributed by atoms with Gasteiger partial charge in [0.15, 0.2) is 0 Å². The number of nitrogens with zero attached hydrogens (tertiary/aromatic N) is 1. The Morgan fingerprint density at radius 1 is 1.56 bits per heavy atom. The SMILES string of the molecule is C[C@@H]1[C@H](CCCC2=NCCN2)NC(=N)[C@@H]1O. The summed E-state index contributed by atoms with van der Waals surface area (Å²) in [6, 6.07) is 0.240. The predicted octanol–water partition coefficient (Wildman–Crippen LogP) is 0.104. The molecule has 5 nitrogen and oxygen atoms in total. The number of aliphatic hydroxyl groups excluding tert-OH is 1. The zero-order valence-electron chi connectivity index (χ0n) is 9.66. The highest BCUT2D eigenvalue weighted by atomic mass is 16.3. The smallest absolute Gasteiger partial charge is 0.123 e. The monoisotopic (exact) mass is 224 g/mol. The molecule has 0 aliphatic carbocycles. The maximum absolute atomic E-state index is 9.62. The summed E-state index contributed by atoms with van der Waals surface area (Å²) in [4.78, 5) is 4.34. The number of hydrogen-bond donors (Lipinski definition) is 4. The third-order valence-corrected chi connectivity index (χ3v) is 3.44. The molecule has 0 spiro atoms. The van der Waals surface area contributed by atoms with Crippen LogP contribution in [-0.2, 0) is 0 Å². The first-order valence-electron chi connectivity index (χ1n) is 5.98. The molecule has 0 aromatic carbocycles. The van der Waals surface area contributed by atoms with E-state index in [2.05, 4.69) is 15.6 Å². The van der Waals surface area contributed by atoms with Gasteiger partial charge >= 0.3 is 0 Å². The van der Waals surface area contributed by atoms with Crippen LogP contribution in [-0.4, -0.2) is 42.0 Å². The molecule has 4 N–H and O–H groups in total. The summed E-state index contributed by atoms with van der Waals surface area (Å²) < 4.78 is 0. The number of rotatable bonds is 4. The molecule has 0 aromatic rings. The summed E-state index contributed by atoms with van der Waals surface area (Å²) in [5.41, 5.74) is 0. The van der Waals surface area contributed by atoms with Crippen molar-refractivity contribution in [3.05, 3.63) is 0 Å². The van der Waals surface area contributed by atoms with Crippen LogP contribution in [0, 0.1) is 11.3 Å². The number of hydrogen-bond acceptors (Lipinski definition) is 4. The molecular formula is C11H20N4O. The van der Waals surface area contributed by atoms with Gasteiger partial charge < -0.3 is 15.7 Å². The van der Waals surface area contributed by atoms with Gasteiger partial charge in [0, 0.05) is 24.9 Å². The van der Waals surface area contributed by atoms with E-state index < -0.39 is 6.10 Å². The molecule has 90 valence electrons. The minimum absolute atomic E-state index is 0.144. The van der Waals surface area contributed by atoms with E-state index >= 15 is 0 Å². The van der Waals surface area contributed by atoms with Crippen LogP contribution in [0.1, 0.15) is 26.2 Å². The normalized spacial score (nSPS) is 33.5. The summed E-state index contributed by atoms with van der Waals surface area (Å²) in [6.07, 6.45) is 2.41. The molecule has 2 rings (SSSR count). The Morgan fingerprint density at radius 3 is 2.94 bits per heavy atom. The fraction of sp³-hybridized carbons (Fsp3) is 0.818. The lowest BCUT2D eigenvalue weighted by molar-refractivity contribution is 0.180. The van der Waals surface area contributed by atoms with Crippen molar-refractivity contribution in [1.82, 2.24) is 10.6 Å². The van der Waals surface area contributed by atoms with Crippen LogP contribution in [0.3, 0.4) is 0 Å². The molecule has 0 bridgehead atoms. The molecule has 5 heteroatoms. The van der Waals surface area contributed by atoms with Gasteiger partial charge in [0.1, 0.15) is 11.9 Å². The average molecular weight is 224 g/mol. The molecule has 0 amide bonds. The van der Waals surface area contributed by atoms with Crippen LogP contribution in [0.15, 0.2) is 4.99 Å². The summed E-state index contributed by atoms with van der Waals surface area (Å²) in [6.45, 7) is 3.86. The Labute approximate surface area is 95.9 Å². The van der Waals surface area contributed by atoms with Crippen molar-refractivity contribution in [1.29, 1.82) is 5.41 Å². The van der Waals surface area contributed by atoms with Crippen molar-refractivity contribution in [3.8, 4) is 0 Å².